The minimum absolute atomic E-state index is 0.00405. The third-order valence-corrected chi connectivity index (χ3v) is 3.39. The average Bonchev–Trinajstić information content (AvgIpc) is 2.80. The fourth-order valence-electron chi connectivity index (χ4n) is 2.18. The number of methoxy groups -OCH3 is 1. The fourth-order valence-corrected chi connectivity index (χ4v) is 2.18. The number of carboxylic acid groups (broad SMARTS) is 1. The second kappa shape index (κ2) is 8.76. The Bertz CT molecular complexity index is 324. The highest BCUT2D eigenvalue weighted by Crippen LogP contribution is 2.22. The molecule has 1 saturated heterocycles. The maximum Gasteiger partial charge on any atom is 0.317 e. The number of likely N-dealkylation sites (tertiary alicyclic amines) is 1. The largest absolute Gasteiger partial charge is 0.481 e. The van der Waals surface area contributed by atoms with Gasteiger partial charge in [0.1, 0.15) is 0 Å². The lowest BCUT2D eigenvalue weighted by Crippen LogP contribution is -2.39. The van der Waals surface area contributed by atoms with Gasteiger partial charge in [0.25, 0.3) is 0 Å². The van der Waals surface area contributed by atoms with Gasteiger partial charge in [-0.3, -0.25) is 4.79 Å². The molecular formula is C13H24N2O5. The van der Waals surface area contributed by atoms with E-state index >= 15 is 0 Å². The van der Waals surface area contributed by atoms with Gasteiger partial charge in [-0.2, -0.15) is 0 Å². The van der Waals surface area contributed by atoms with Crippen LogP contribution in [-0.2, 0) is 14.3 Å². The van der Waals surface area contributed by atoms with Crippen molar-refractivity contribution in [3.63, 3.8) is 0 Å². The van der Waals surface area contributed by atoms with Gasteiger partial charge in [0.15, 0.2) is 0 Å². The molecule has 0 aliphatic carbocycles. The van der Waals surface area contributed by atoms with E-state index < -0.39 is 11.9 Å². The van der Waals surface area contributed by atoms with Crippen LogP contribution in [0, 0.1) is 11.8 Å². The van der Waals surface area contributed by atoms with E-state index in [-0.39, 0.29) is 18.5 Å². The molecule has 2 unspecified atom stereocenters. The van der Waals surface area contributed by atoms with Crippen LogP contribution in [0.15, 0.2) is 0 Å². The van der Waals surface area contributed by atoms with E-state index in [9.17, 15) is 9.59 Å². The van der Waals surface area contributed by atoms with Crippen LogP contribution in [0.1, 0.15) is 13.3 Å². The van der Waals surface area contributed by atoms with Gasteiger partial charge in [-0.15, -0.1) is 0 Å². The molecule has 0 radical (unpaired) electrons. The lowest BCUT2D eigenvalue weighted by Gasteiger charge is -2.16. The van der Waals surface area contributed by atoms with Crippen molar-refractivity contribution in [2.45, 2.75) is 13.3 Å². The molecule has 0 spiro atoms. The highest BCUT2D eigenvalue weighted by atomic mass is 16.5. The van der Waals surface area contributed by atoms with Gasteiger partial charge in [-0.25, -0.2) is 4.79 Å². The average molecular weight is 288 g/mol. The highest BCUT2D eigenvalue weighted by Gasteiger charge is 2.36. The quantitative estimate of drug-likeness (QED) is 0.631. The molecule has 1 aliphatic heterocycles. The minimum Gasteiger partial charge on any atom is -0.481 e. The predicted octanol–water partition coefficient (Wildman–Crippen LogP) is 0.402. The summed E-state index contributed by atoms with van der Waals surface area (Å²) >= 11 is 0. The zero-order valence-electron chi connectivity index (χ0n) is 12.1. The van der Waals surface area contributed by atoms with Gasteiger partial charge in [-0.05, 0) is 12.3 Å². The molecule has 0 aromatic carbocycles. The normalized spacial score (nSPS) is 22.0. The smallest absolute Gasteiger partial charge is 0.317 e. The van der Waals surface area contributed by atoms with Gasteiger partial charge < -0.3 is 24.8 Å². The Morgan fingerprint density at radius 3 is 2.65 bits per heavy atom. The van der Waals surface area contributed by atoms with Crippen molar-refractivity contribution in [1.29, 1.82) is 0 Å². The fraction of sp³-hybridized carbons (Fsp3) is 0.846. The second-order valence-corrected chi connectivity index (χ2v) is 5.02. The van der Waals surface area contributed by atoms with Gasteiger partial charge in [-0.1, -0.05) is 6.92 Å². The molecule has 1 rings (SSSR count). The number of nitrogens with one attached hydrogen (secondary N) is 1. The van der Waals surface area contributed by atoms with Crippen molar-refractivity contribution in [2.75, 3.05) is 46.6 Å². The van der Waals surface area contributed by atoms with E-state index in [0.29, 0.717) is 32.9 Å². The van der Waals surface area contributed by atoms with Gasteiger partial charge >= 0.3 is 12.0 Å². The maximum atomic E-state index is 11.9. The Morgan fingerprint density at radius 2 is 2.05 bits per heavy atom. The monoisotopic (exact) mass is 288 g/mol. The molecule has 0 saturated carbocycles. The maximum absolute atomic E-state index is 11.9. The number of urea groups is 1. The molecule has 20 heavy (non-hydrogen) atoms. The molecule has 0 bridgehead atoms. The van der Waals surface area contributed by atoms with E-state index in [1.54, 1.807) is 12.0 Å². The summed E-state index contributed by atoms with van der Waals surface area (Å²) in [4.78, 5) is 24.4. The number of carboxylic acids is 1. The summed E-state index contributed by atoms with van der Waals surface area (Å²) < 4.78 is 10.1. The summed E-state index contributed by atoms with van der Waals surface area (Å²) in [6.07, 6.45) is 0.723. The topological polar surface area (TPSA) is 88.1 Å². The lowest BCUT2D eigenvalue weighted by atomic mass is 9.99. The van der Waals surface area contributed by atoms with Crippen molar-refractivity contribution in [3.05, 3.63) is 0 Å². The number of hydrogen-bond acceptors (Lipinski definition) is 4. The molecule has 2 N–H and O–H groups in total. The van der Waals surface area contributed by atoms with Crippen LogP contribution in [0.4, 0.5) is 4.79 Å². The second-order valence-electron chi connectivity index (χ2n) is 5.02. The van der Waals surface area contributed by atoms with Crippen molar-refractivity contribution in [3.8, 4) is 0 Å². The zero-order chi connectivity index (χ0) is 15.0. The summed E-state index contributed by atoms with van der Waals surface area (Å²) in [6, 6.07) is -0.197. The number of nitrogens with zero attached hydrogens (tertiary/aromatic N) is 1. The number of ether oxygens (including phenoxy) is 2. The number of aliphatic carboxylic acids is 1. The van der Waals surface area contributed by atoms with Crippen molar-refractivity contribution < 1.29 is 24.2 Å². The standard InChI is InChI=1S/C13H24N2O5/c1-10-8-15(9-11(10)12(16)17)13(18)14-4-3-5-20-7-6-19-2/h10-11H,3-9H2,1-2H3,(H,14,18)(H,16,17). The van der Waals surface area contributed by atoms with Crippen molar-refractivity contribution in [1.82, 2.24) is 10.2 Å². The first kappa shape index (κ1) is 16.7. The summed E-state index contributed by atoms with van der Waals surface area (Å²) in [6.45, 7) is 4.84. The molecule has 7 heteroatoms. The molecular weight excluding hydrogens is 264 g/mol. The van der Waals surface area contributed by atoms with Crippen LogP contribution in [0.5, 0.6) is 0 Å². The number of carbonyl (C=O) groups is 2. The highest BCUT2D eigenvalue weighted by molar-refractivity contribution is 5.77. The molecule has 1 aliphatic rings. The summed E-state index contributed by atoms with van der Waals surface area (Å²) in [5.74, 6) is -1.30. The first-order valence-corrected chi connectivity index (χ1v) is 6.88. The molecule has 1 heterocycles. The van der Waals surface area contributed by atoms with E-state index in [2.05, 4.69) is 5.32 Å². The first-order chi connectivity index (χ1) is 9.56. The van der Waals surface area contributed by atoms with Crippen LogP contribution in [0.25, 0.3) is 0 Å². The van der Waals surface area contributed by atoms with Crippen molar-refractivity contribution in [2.24, 2.45) is 11.8 Å². The molecule has 0 aromatic heterocycles. The van der Waals surface area contributed by atoms with E-state index in [4.69, 9.17) is 14.6 Å². The number of rotatable bonds is 8. The van der Waals surface area contributed by atoms with Gasteiger partial charge in [0.2, 0.25) is 0 Å². The predicted molar refractivity (Wildman–Crippen MR) is 72.6 cm³/mol. The zero-order valence-corrected chi connectivity index (χ0v) is 12.1. The summed E-state index contributed by atoms with van der Waals surface area (Å²) in [5.41, 5.74) is 0. The van der Waals surface area contributed by atoms with Crippen molar-refractivity contribution >= 4 is 12.0 Å². The molecule has 0 aromatic rings. The molecule has 2 amide bonds. The van der Waals surface area contributed by atoms with Crippen LogP contribution in [0.2, 0.25) is 0 Å². The molecule has 116 valence electrons. The van der Waals surface area contributed by atoms with Gasteiger partial charge in [0, 0.05) is 33.4 Å². The lowest BCUT2D eigenvalue weighted by molar-refractivity contribution is -0.142. The third-order valence-electron chi connectivity index (χ3n) is 3.39. The third kappa shape index (κ3) is 5.34. The Labute approximate surface area is 119 Å². The number of hydrogen-bond donors (Lipinski definition) is 2. The number of amides is 2. The van der Waals surface area contributed by atoms with E-state index in [1.807, 2.05) is 6.92 Å². The summed E-state index contributed by atoms with van der Waals surface area (Å²) in [5, 5.41) is 11.8. The first-order valence-electron chi connectivity index (χ1n) is 6.88. The van der Waals surface area contributed by atoms with Crippen LogP contribution < -0.4 is 5.32 Å². The van der Waals surface area contributed by atoms with Gasteiger partial charge in [0.05, 0.1) is 19.1 Å². The minimum atomic E-state index is -0.834. The van der Waals surface area contributed by atoms with Crippen LogP contribution in [-0.4, -0.2) is 68.6 Å². The molecule has 7 nitrogen and oxygen atoms in total. The Morgan fingerprint density at radius 1 is 1.30 bits per heavy atom. The van der Waals surface area contributed by atoms with E-state index in [1.165, 1.54) is 0 Å². The van der Waals surface area contributed by atoms with Crippen LogP contribution in [0.3, 0.4) is 0 Å². The number of carbonyl (C=O) groups excluding carboxylic acids is 1. The Kier molecular flexibility index (Phi) is 7.32. The van der Waals surface area contributed by atoms with Crippen LogP contribution >= 0.6 is 0 Å². The Hall–Kier alpha value is -1.34. The molecule has 2 atom stereocenters. The molecule has 1 fully saturated rings. The van der Waals surface area contributed by atoms with E-state index in [0.717, 1.165) is 6.42 Å². The SMILES string of the molecule is COCCOCCCNC(=O)N1CC(C)C(C(=O)O)C1. The summed E-state index contributed by atoms with van der Waals surface area (Å²) in [7, 11) is 1.62. The Balaban J connectivity index is 2.13.